The van der Waals surface area contributed by atoms with Gasteiger partial charge < -0.3 is 16.2 Å². The smallest absolute Gasteiger partial charge is 0.253 e. The quantitative estimate of drug-likeness (QED) is 0.759. The number of rotatable bonds is 4. The lowest BCUT2D eigenvalue weighted by molar-refractivity contribution is 0.100. The van der Waals surface area contributed by atoms with E-state index in [0.29, 0.717) is 22.6 Å². The maximum Gasteiger partial charge on any atom is 0.253 e. The molecule has 0 aliphatic heterocycles. The SMILES string of the molecule is C=Cc1ncc2c(C(N)=O)c(N)n(-c3c(C)ccc(OC)c3C)c2n1. The lowest BCUT2D eigenvalue weighted by Crippen LogP contribution is -2.14. The molecule has 0 saturated heterocycles. The van der Waals surface area contributed by atoms with Crippen molar-refractivity contribution in [2.45, 2.75) is 13.8 Å². The fourth-order valence-corrected chi connectivity index (χ4v) is 3.06. The first-order chi connectivity index (χ1) is 11.9. The summed E-state index contributed by atoms with van der Waals surface area (Å²) in [7, 11) is 1.60. The van der Waals surface area contributed by atoms with Gasteiger partial charge in [0.05, 0.1) is 23.7 Å². The number of nitrogens with two attached hydrogens (primary N) is 2. The van der Waals surface area contributed by atoms with Crippen molar-refractivity contribution in [2.75, 3.05) is 12.8 Å². The van der Waals surface area contributed by atoms with Gasteiger partial charge in [0.15, 0.2) is 11.5 Å². The number of aryl methyl sites for hydroxylation is 1. The van der Waals surface area contributed by atoms with Crippen molar-refractivity contribution in [2.24, 2.45) is 5.73 Å². The van der Waals surface area contributed by atoms with Gasteiger partial charge in [-0.05, 0) is 31.6 Å². The topological polar surface area (TPSA) is 109 Å². The molecule has 128 valence electrons. The van der Waals surface area contributed by atoms with Crippen LogP contribution in [0.25, 0.3) is 22.8 Å². The molecule has 4 N–H and O–H groups in total. The van der Waals surface area contributed by atoms with E-state index in [1.807, 2.05) is 26.0 Å². The number of amides is 1. The summed E-state index contributed by atoms with van der Waals surface area (Å²) in [6.07, 6.45) is 3.07. The first-order valence-corrected chi connectivity index (χ1v) is 7.64. The van der Waals surface area contributed by atoms with Gasteiger partial charge >= 0.3 is 0 Å². The minimum atomic E-state index is -0.630. The molecule has 0 fully saturated rings. The second kappa shape index (κ2) is 5.94. The highest BCUT2D eigenvalue weighted by Gasteiger charge is 2.24. The average Bonchev–Trinajstić information content (AvgIpc) is 2.87. The lowest BCUT2D eigenvalue weighted by atomic mass is 10.1. The van der Waals surface area contributed by atoms with E-state index in [2.05, 4.69) is 16.5 Å². The Morgan fingerprint density at radius 1 is 1.36 bits per heavy atom. The van der Waals surface area contributed by atoms with Gasteiger partial charge in [-0.25, -0.2) is 9.97 Å². The van der Waals surface area contributed by atoms with Crippen LogP contribution >= 0.6 is 0 Å². The number of fused-ring (bicyclic) bond motifs is 1. The Hall–Kier alpha value is -3.35. The number of hydrogen-bond donors (Lipinski definition) is 2. The van der Waals surface area contributed by atoms with Gasteiger partial charge in [0.2, 0.25) is 0 Å². The van der Waals surface area contributed by atoms with Gasteiger partial charge in [-0.1, -0.05) is 12.6 Å². The van der Waals surface area contributed by atoms with Crippen molar-refractivity contribution < 1.29 is 9.53 Å². The molecule has 2 heterocycles. The average molecular weight is 337 g/mol. The lowest BCUT2D eigenvalue weighted by Gasteiger charge is -2.16. The maximum absolute atomic E-state index is 12.0. The molecule has 0 unspecified atom stereocenters. The monoisotopic (exact) mass is 337 g/mol. The molecule has 1 aromatic carbocycles. The Balaban J connectivity index is 2.51. The van der Waals surface area contributed by atoms with Gasteiger partial charge in [-0.2, -0.15) is 0 Å². The third-order valence-corrected chi connectivity index (χ3v) is 4.22. The highest BCUT2D eigenvalue weighted by atomic mass is 16.5. The number of benzene rings is 1. The van der Waals surface area contributed by atoms with Crippen molar-refractivity contribution in [3.8, 4) is 11.4 Å². The van der Waals surface area contributed by atoms with Crippen LogP contribution < -0.4 is 16.2 Å². The van der Waals surface area contributed by atoms with Crippen LogP contribution in [0.2, 0.25) is 0 Å². The number of carbonyl (C=O) groups is 1. The first kappa shape index (κ1) is 16.5. The Kier molecular flexibility index (Phi) is 3.92. The minimum absolute atomic E-state index is 0.201. The second-order valence-electron chi connectivity index (χ2n) is 5.69. The van der Waals surface area contributed by atoms with Crippen LogP contribution in [0, 0.1) is 13.8 Å². The summed E-state index contributed by atoms with van der Waals surface area (Å²) in [5.74, 6) is 0.729. The van der Waals surface area contributed by atoms with E-state index in [0.717, 1.165) is 16.8 Å². The first-order valence-electron chi connectivity index (χ1n) is 7.64. The Labute approximate surface area is 144 Å². The van der Waals surface area contributed by atoms with Crippen LogP contribution in [0.5, 0.6) is 5.75 Å². The van der Waals surface area contributed by atoms with Crippen LogP contribution in [0.4, 0.5) is 5.82 Å². The fraction of sp³-hybridized carbons (Fsp3) is 0.167. The highest BCUT2D eigenvalue weighted by Crippen LogP contribution is 2.35. The molecule has 0 bridgehead atoms. The number of ether oxygens (including phenoxy) is 1. The van der Waals surface area contributed by atoms with E-state index in [1.54, 1.807) is 11.7 Å². The number of nitrogens with zero attached hydrogens (tertiary/aromatic N) is 3. The summed E-state index contributed by atoms with van der Waals surface area (Å²) in [5, 5.41) is 0.497. The molecular formula is C18H19N5O2. The molecule has 7 nitrogen and oxygen atoms in total. The van der Waals surface area contributed by atoms with Crippen molar-refractivity contribution in [1.29, 1.82) is 0 Å². The number of methoxy groups -OCH3 is 1. The highest BCUT2D eigenvalue weighted by molar-refractivity contribution is 6.10. The van der Waals surface area contributed by atoms with Crippen LogP contribution in [-0.2, 0) is 0 Å². The predicted octanol–water partition coefficient (Wildman–Crippen LogP) is 2.37. The predicted molar refractivity (Wildman–Crippen MR) is 97.9 cm³/mol. The largest absolute Gasteiger partial charge is 0.496 e. The third kappa shape index (κ3) is 2.40. The summed E-state index contributed by atoms with van der Waals surface area (Å²) in [4.78, 5) is 20.6. The van der Waals surface area contributed by atoms with Crippen molar-refractivity contribution in [1.82, 2.24) is 14.5 Å². The Bertz CT molecular complexity index is 1020. The molecule has 0 aliphatic carbocycles. The third-order valence-electron chi connectivity index (χ3n) is 4.22. The van der Waals surface area contributed by atoms with Crippen molar-refractivity contribution in [3.05, 3.63) is 47.4 Å². The summed E-state index contributed by atoms with van der Waals surface area (Å²) < 4.78 is 7.14. The van der Waals surface area contributed by atoms with Crippen molar-refractivity contribution in [3.63, 3.8) is 0 Å². The number of hydrogen-bond acceptors (Lipinski definition) is 5. The van der Waals surface area contributed by atoms with E-state index in [9.17, 15) is 4.79 Å². The fourth-order valence-electron chi connectivity index (χ4n) is 3.06. The molecule has 2 aromatic heterocycles. The summed E-state index contributed by atoms with van der Waals surface area (Å²) in [5.41, 5.74) is 15.2. The van der Waals surface area contributed by atoms with E-state index in [1.165, 1.54) is 12.3 Å². The number of anilines is 1. The zero-order chi connectivity index (χ0) is 18.3. The molecule has 0 spiro atoms. The molecule has 0 aliphatic rings. The summed E-state index contributed by atoms with van der Waals surface area (Å²) in [6, 6.07) is 3.81. The van der Waals surface area contributed by atoms with Gasteiger partial charge in [-0.3, -0.25) is 9.36 Å². The molecule has 0 atom stereocenters. The van der Waals surface area contributed by atoms with Gasteiger partial charge in [0.1, 0.15) is 11.6 Å². The second-order valence-corrected chi connectivity index (χ2v) is 5.69. The Morgan fingerprint density at radius 3 is 2.68 bits per heavy atom. The van der Waals surface area contributed by atoms with E-state index in [-0.39, 0.29) is 11.4 Å². The van der Waals surface area contributed by atoms with Gasteiger partial charge in [-0.15, -0.1) is 0 Å². The molecule has 1 amide bonds. The molecule has 25 heavy (non-hydrogen) atoms. The number of aromatic nitrogens is 3. The number of carbonyl (C=O) groups excluding carboxylic acids is 1. The molecule has 7 heteroatoms. The van der Waals surface area contributed by atoms with E-state index < -0.39 is 5.91 Å². The standard InChI is InChI=1S/C18H19N5O2/c1-5-13-21-8-11-14(17(20)24)16(19)23(18(11)22-13)15-9(2)6-7-12(25-4)10(15)3/h5-8H,1,19H2,2-4H3,(H2,20,24). The zero-order valence-electron chi connectivity index (χ0n) is 14.3. The maximum atomic E-state index is 12.0. The van der Waals surface area contributed by atoms with E-state index >= 15 is 0 Å². The number of primary amides is 1. The van der Waals surface area contributed by atoms with E-state index in [4.69, 9.17) is 16.2 Å². The normalized spacial score (nSPS) is 10.8. The minimum Gasteiger partial charge on any atom is -0.496 e. The molecule has 0 radical (unpaired) electrons. The van der Waals surface area contributed by atoms with Crippen LogP contribution in [0.3, 0.4) is 0 Å². The summed E-state index contributed by atoms with van der Waals surface area (Å²) >= 11 is 0. The van der Waals surface area contributed by atoms with Crippen LogP contribution in [0.1, 0.15) is 27.3 Å². The zero-order valence-corrected chi connectivity index (χ0v) is 14.3. The number of nitrogen functional groups attached to an aromatic ring is 1. The van der Waals surface area contributed by atoms with Crippen molar-refractivity contribution >= 4 is 28.8 Å². The molecular weight excluding hydrogens is 318 g/mol. The van der Waals surface area contributed by atoms with Gasteiger partial charge in [0.25, 0.3) is 5.91 Å². The van der Waals surface area contributed by atoms with Crippen LogP contribution in [-0.4, -0.2) is 27.6 Å². The van der Waals surface area contributed by atoms with Gasteiger partial charge in [0, 0.05) is 11.8 Å². The van der Waals surface area contributed by atoms with Crippen LogP contribution in [0.15, 0.2) is 24.9 Å². The summed E-state index contributed by atoms with van der Waals surface area (Å²) in [6.45, 7) is 7.56. The Morgan fingerprint density at radius 2 is 2.08 bits per heavy atom. The molecule has 3 rings (SSSR count). The molecule has 0 saturated carbocycles. The molecule has 3 aromatic rings.